The first-order chi connectivity index (χ1) is 6.63. The molecule has 0 radical (unpaired) electrons. The summed E-state index contributed by atoms with van der Waals surface area (Å²) in [6, 6.07) is 0. The molecule has 0 bridgehead atoms. The van der Waals surface area contributed by atoms with Crippen LogP contribution in [0.25, 0.3) is 0 Å². The Labute approximate surface area is 87.3 Å². The van der Waals surface area contributed by atoms with E-state index < -0.39 is 0 Å². The average Bonchev–Trinajstić information content (AvgIpc) is 2.15. The number of hydrogen-bond donors (Lipinski definition) is 1. The summed E-state index contributed by atoms with van der Waals surface area (Å²) in [5, 5.41) is 3.15. The summed E-state index contributed by atoms with van der Waals surface area (Å²) < 4.78 is 0. The molecule has 14 heavy (non-hydrogen) atoms. The minimum atomic E-state index is 0.888. The van der Waals surface area contributed by atoms with E-state index in [1.165, 1.54) is 0 Å². The molecule has 2 nitrogen and oxygen atoms in total. The molecule has 78 valence electrons. The number of hydrogen-bond acceptors (Lipinski definition) is 2. The quantitative estimate of drug-likeness (QED) is 0.647. The molecule has 0 rings (SSSR count). The third-order valence-corrected chi connectivity index (χ3v) is 1.69. The molecule has 0 aliphatic heterocycles. The number of nitrogens with one attached hydrogen (secondary N) is 1. The van der Waals surface area contributed by atoms with E-state index in [1.807, 2.05) is 33.3 Å². The fourth-order valence-electron chi connectivity index (χ4n) is 1.05. The zero-order valence-corrected chi connectivity index (χ0v) is 9.38. The van der Waals surface area contributed by atoms with E-state index in [0.29, 0.717) is 0 Å². The molecular weight excluding hydrogens is 172 g/mol. The number of nitrogens with zero attached hydrogens (tertiary/aromatic N) is 1. The van der Waals surface area contributed by atoms with Crippen LogP contribution in [0.2, 0.25) is 0 Å². The van der Waals surface area contributed by atoms with Gasteiger partial charge in [0.05, 0.1) is 0 Å². The first-order valence-corrected chi connectivity index (χ1v) is 4.62. The zero-order valence-electron chi connectivity index (χ0n) is 9.38. The molecule has 0 aromatic rings. The lowest BCUT2D eigenvalue weighted by molar-refractivity contribution is 0.436. The Morgan fingerprint density at radius 1 is 1.36 bits per heavy atom. The van der Waals surface area contributed by atoms with Crippen molar-refractivity contribution in [3.05, 3.63) is 48.7 Å². The van der Waals surface area contributed by atoms with Crippen LogP contribution in [0, 0.1) is 0 Å². The molecule has 0 heterocycles. The van der Waals surface area contributed by atoms with Crippen LogP contribution in [0.5, 0.6) is 0 Å². The molecule has 0 aliphatic carbocycles. The van der Waals surface area contributed by atoms with Crippen molar-refractivity contribution < 1.29 is 0 Å². The van der Waals surface area contributed by atoms with E-state index in [4.69, 9.17) is 0 Å². The molecule has 0 unspecified atom stereocenters. The van der Waals surface area contributed by atoms with Crippen molar-refractivity contribution in [1.29, 1.82) is 0 Å². The van der Waals surface area contributed by atoms with Crippen LogP contribution in [-0.4, -0.2) is 32.6 Å². The normalized spacial score (nSPS) is 12.9. The molecular formula is C12H20N2. The Balaban J connectivity index is 4.62. The molecule has 0 amide bonds. The molecule has 0 aromatic carbocycles. The monoisotopic (exact) mass is 192 g/mol. The maximum atomic E-state index is 3.74. The van der Waals surface area contributed by atoms with Gasteiger partial charge in [-0.3, -0.25) is 0 Å². The van der Waals surface area contributed by atoms with Crippen molar-refractivity contribution in [2.24, 2.45) is 0 Å². The molecule has 0 aromatic heterocycles. The summed E-state index contributed by atoms with van der Waals surface area (Å²) in [5.41, 5.74) is 2.22. The van der Waals surface area contributed by atoms with Gasteiger partial charge in [-0.15, -0.1) is 0 Å². The van der Waals surface area contributed by atoms with Gasteiger partial charge in [0.1, 0.15) is 0 Å². The van der Waals surface area contributed by atoms with Crippen molar-refractivity contribution in [1.82, 2.24) is 10.2 Å². The molecule has 0 spiro atoms. The van der Waals surface area contributed by atoms with Gasteiger partial charge < -0.3 is 10.2 Å². The number of likely N-dealkylation sites (N-methyl/N-ethyl adjacent to an activating group) is 2. The maximum absolute atomic E-state index is 3.74. The predicted octanol–water partition coefficient (Wildman–Crippen LogP) is 1.95. The number of allylic oxidation sites excluding steroid dienone is 5. The van der Waals surface area contributed by atoms with Crippen molar-refractivity contribution in [2.75, 3.05) is 27.7 Å². The fourth-order valence-corrected chi connectivity index (χ4v) is 1.05. The smallest absolute Gasteiger partial charge is 0.0375 e. The van der Waals surface area contributed by atoms with Crippen LogP contribution in [0.15, 0.2) is 48.7 Å². The lowest BCUT2D eigenvalue weighted by Gasteiger charge is -2.13. The van der Waals surface area contributed by atoms with E-state index in [1.54, 1.807) is 6.08 Å². The molecule has 0 atom stereocenters. The Morgan fingerprint density at radius 3 is 2.36 bits per heavy atom. The summed E-state index contributed by atoms with van der Waals surface area (Å²) >= 11 is 0. The lowest BCUT2D eigenvalue weighted by atomic mass is 10.2. The van der Waals surface area contributed by atoms with Gasteiger partial charge in [0, 0.05) is 19.3 Å². The van der Waals surface area contributed by atoms with E-state index in [-0.39, 0.29) is 0 Å². The Bertz CT molecular complexity index is 247. The predicted molar refractivity (Wildman–Crippen MR) is 64.2 cm³/mol. The second-order valence-corrected chi connectivity index (χ2v) is 3.26. The summed E-state index contributed by atoms with van der Waals surface area (Å²) in [4.78, 5) is 2.11. The standard InChI is InChI=1S/C12H20N2/c1-6-8-11(7-2)9-12(13-3)10-14(4)5/h6-9,13H,1-2,10H2,3-5H3/b11-8-,12-9-. The van der Waals surface area contributed by atoms with Crippen LogP contribution < -0.4 is 5.32 Å². The van der Waals surface area contributed by atoms with Gasteiger partial charge in [-0.2, -0.15) is 0 Å². The van der Waals surface area contributed by atoms with Gasteiger partial charge in [-0.05, 0) is 25.7 Å². The number of rotatable bonds is 6. The van der Waals surface area contributed by atoms with Gasteiger partial charge in [0.15, 0.2) is 0 Å². The first-order valence-electron chi connectivity index (χ1n) is 4.62. The highest BCUT2D eigenvalue weighted by atomic mass is 15.1. The highest BCUT2D eigenvalue weighted by molar-refractivity contribution is 5.34. The van der Waals surface area contributed by atoms with Gasteiger partial charge in [0.2, 0.25) is 0 Å². The summed E-state index contributed by atoms with van der Waals surface area (Å²) in [6.07, 6.45) is 7.57. The molecule has 0 saturated heterocycles. The van der Waals surface area contributed by atoms with E-state index in [2.05, 4.69) is 29.5 Å². The van der Waals surface area contributed by atoms with Crippen molar-refractivity contribution in [3.63, 3.8) is 0 Å². The third kappa shape index (κ3) is 5.38. The van der Waals surface area contributed by atoms with Crippen LogP contribution >= 0.6 is 0 Å². The zero-order chi connectivity index (χ0) is 11.0. The third-order valence-electron chi connectivity index (χ3n) is 1.69. The van der Waals surface area contributed by atoms with Crippen LogP contribution in [-0.2, 0) is 0 Å². The fraction of sp³-hybridized carbons (Fsp3) is 0.333. The van der Waals surface area contributed by atoms with Crippen LogP contribution in [0.4, 0.5) is 0 Å². The molecule has 0 fully saturated rings. The van der Waals surface area contributed by atoms with Crippen molar-refractivity contribution in [2.45, 2.75) is 0 Å². The first kappa shape index (κ1) is 12.7. The minimum absolute atomic E-state index is 0.888. The molecule has 0 aliphatic rings. The largest absolute Gasteiger partial charge is 0.390 e. The average molecular weight is 192 g/mol. The lowest BCUT2D eigenvalue weighted by Crippen LogP contribution is -2.22. The topological polar surface area (TPSA) is 15.3 Å². The SMILES string of the molecule is C=C/C=C(C=C)\C=C(\CN(C)C)NC. The highest BCUT2D eigenvalue weighted by Gasteiger charge is 1.96. The Hall–Kier alpha value is -1.28. The van der Waals surface area contributed by atoms with Gasteiger partial charge in [-0.1, -0.05) is 31.4 Å². The maximum Gasteiger partial charge on any atom is 0.0375 e. The Morgan fingerprint density at radius 2 is 2.00 bits per heavy atom. The molecule has 0 saturated carbocycles. The van der Waals surface area contributed by atoms with Gasteiger partial charge in [-0.25, -0.2) is 0 Å². The summed E-state index contributed by atoms with van der Waals surface area (Å²) in [5.74, 6) is 0. The van der Waals surface area contributed by atoms with E-state index in [9.17, 15) is 0 Å². The van der Waals surface area contributed by atoms with Crippen LogP contribution in [0.3, 0.4) is 0 Å². The second-order valence-electron chi connectivity index (χ2n) is 3.26. The van der Waals surface area contributed by atoms with Crippen LogP contribution in [0.1, 0.15) is 0 Å². The minimum Gasteiger partial charge on any atom is -0.390 e. The van der Waals surface area contributed by atoms with Crippen molar-refractivity contribution in [3.8, 4) is 0 Å². The van der Waals surface area contributed by atoms with Gasteiger partial charge in [0.25, 0.3) is 0 Å². The highest BCUT2D eigenvalue weighted by Crippen LogP contribution is 2.02. The van der Waals surface area contributed by atoms with Crippen molar-refractivity contribution >= 4 is 0 Å². The van der Waals surface area contributed by atoms with Gasteiger partial charge >= 0.3 is 0 Å². The summed E-state index contributed by atoms with van der Waals surface area (Å²) in [6.45, 7) is 8.29. The Kier molecular flexibility index (Phi) is 6.50. The van der Waals surface area contributed by atoms with E-state index >= 15 is 0 Å². The summed E-state index contributed by atoms with van der Waals surface area (Å²) in [7, 11) is 6.00. The second kappa shape index (κ2) is 7.15. The molecule has 2 heteroatoms. The van der Waals surface area contributed by atoms with E-state index in [0.717, 1.165) is 17.8 Å². The molecule has 1 N–H and O–H groups in total.